The zero-order valence-electron chi connectivity index (χ0n) is 16.0. The maximum absolute atomic E-state index is 12.0. The quantitative estimate of drug-likeness (QED) is 0.489. The van der Waals surface area contributed by atoms with Crippen LogP contribution in [0.2, 0.25) is 0 Å². The lowest BCUT2D eigenvalue weighted by atomic mass is 10.2. The topological polar surface area (TPSA) is 114 Å². The number of benzene rings is 1. The van der Waals surface area contributed by atoms with E-state index in [0.717, 1.165) is 4.90 Å². The van der Waals surface area contributed by atoms with Crippen molar-refractivity contribution in [2.24, 2.45) is 0 Å². The Hall–Kier alpha value is -3.30. The van der Waals surface area contributed by atoms with Crippen LogP contribution in [0.3, 0.4) is 0 Å². The molecule has 1 aliphatic heterocycles. The molecule has 1 heterocycles. The van der Waals surface area contributed by atoms with Crippen molar-refractivity contribution >= 4 is 29.5 Å². The number of nitrogens with zero attached hydrogens (tertiary/aromatic N) is 2. The third kappa shape index (κ3) is 5.35. The van der Waals surface area contributed by atoms with Crippen molar-refractivity contribution in [2.45, 2.75) is 12.8 Å². The van der Waals surface area contributed by atoms with Crippen molar-refractivity contribution in [3.63, 3.8) is 0 Å². The number of anilines is 1. The van der Waals surface area contributed by atoms with E-state index in [1.807, 2.05) is 0 Å². The fourth-order valence-corrected chi connectivity index (χ4v) is 2.58. The first kappa shape index (κ1) is 21.0. The lowest BCUT2D eigenvalue weighted by molar-refractivity contribution is -0.147. The van der Waals surface area contributed by atoms with Crippen molar-refractivity contribution in [3.05, 3.63) is 18.2 Å². The van der Waals surface area contributed by atoms with Gasteiger partial charge < -0.3 is 24.4 Å². The minimum absolute atomic E-state index is 0.0140. The molecule has 0 spiro atoms. The molecule has 10 heteroatoms. The standard InChI is InChI=1S/C18H23N3O7/c1-20-10-16(23)21(18(20)25)8-4-5-17(24)28-11-15(22)19-13-7-6-12(26-2)9-14(13)27-3/h6-7,9H,4-5,8,10-11H2,1-3H3,(H,19,22). The zero-order valence-corrected chi connectivity index (χ0v) is 16.0. The van der Waals surface area contributed by atoms with Crippen molar-refractivity contribution in [3.8, 4) is 11.5 Å². The lowest BCUT2D eigenvalue weighted by Crippen LogP contribution is -2.32. The summed E-state index contributed by atoms with van der Waals surface area (Å²) in [6.45, 7) is -0.289. The first-order valence-electron chi connectivity index (χ1n) is 8.58. The highest BCUT2D eigenvalue weighted by Gasteiger charge is 2.32. The minimum Gasteiger partial charge on any atom is -0.497 e. The lowest BCUT2D eigenvalue weighted by Gasteiger charge is -2.13. The summed E-state index contributed by atoms with van der Waals surface area (Å²) in [7, 11) is 4.50. The van der Waals surface area contributed by atoms with Gasteiger partial charge in [-0.05, 0) is 18.6 Å². The fraction of sp³-hybridized carbons (Fsp3) is 0.444. The Bertz CT molecular complexity index is 766. The first-order valence-corrected chi connectivity index (χ1v) is 8.58. The number of likely N-dealkylation sites (N-methyl/N-ethyl adjacent to an activating group) is 1. The number of hydrogen-bond acceptors (Lipinski definition) is 7. The summed E-state index contributed by atoms with van der Waals surface area (Å²) < 4.78 is 15.2. The van der Waals surface area contributed by atoms with Crippen LogP contribution in [0.15, 0.2) is 18.2 Å². The number of carbonyl (C=O) groups excluding carboxylic acids is 4. The highest BCUT2D eigenvalue weighted by atomic mass is 16.5. The van der Waals surface area contributed by atoms with Gasteiger partial charge in [0, 0.05) is 26.1 Å². The van der Waals surface area contributed by atoms with Crippen molar-refractivity contribution in [1.82, 2.24) is 9.80 Å². The Labute approximate surface area is 162 Å². The summed E-state index contributed by atoms with van der Waals surface area (Å²) in [6.07, 6.45) is 0.248. The summed E-state index contributed by atoms with van der Waals surface area (Å²) in [6, 6.07) is 4.49. The van der Waals surface area contributed by atoms with Crippen LogP contribution in [0.5, 0.6) is 11.5 Å². The molecule has 0 aromatic heterocycles. The fourth-order valence-electron chi connectivity index (χ4n) is 2.58. The number of methoxy groups -OCH3 is 2. The molecule has 152 valence electrons. The summed E-state index contributed by atoms with van der Waals surface area (Å²) in [5.41, 5.74) is 0.416. The van der Waals surface area contributed by atoms with E-state index >= 15 is 0 Å². The largest absolute Gasteiger partial charge is 0.497 e. The summed E-state index contributed by atoms with van der Waals surface area (Å²) in [5.74, 6) is -0.437. The molecule has 1 aromatic rings. The molecule has 0 radical (unpaired) electrons. The van der Waals surface area contributed by atoms with Gasteiger partial charge in [0.1, 0.15) is 18.0 Å². The van der Waals surface area contributed by atoms with E-state index in [0.29, 0.717) is 17.2 Å². The predicted octanol–water partition coefficient (Wildman–Crippen LogP) is 0.860. The molecule has 1 aromatic carbocycles. The average molecular weight is 393 g/mol. The monoisotopic (exact) mass is 393 g/mol. The normalized spacial score (nSPS) is 13.5. The number of amides is 4. The SMILES string of the molecule is COc1ccc(NC(=O)COC(=O)CCCN2C(=O)CN(C)C2=O)c(OC)c1. The van der Waals surface area contributed by atoms with Gasteiger partial charge >= 0.3 is 12.0 Å². The number of ether oxygens (including phenoxy) is 3. The van der Waals surface area contributed by atoms with Gasteiger partial charge in [-0.3, -0.25) is 19.3 Å². The van der Waals surface area contributed by atoms with Crippen LogP contribution in [0.1, 0.15) is 12.8 Å². The van der Waals surface area contributed by atoms with Gasteiger partial charge in [-0.2, -0.15) is 0 Å². The van der Waals surface area contributed by atoms with E-state index in [-0.39, 0.29) is 37.9 Å². The molecule has 2 rings (SSSR count). The molecule has 0 bridgehead atoms. The number of esters is 1. The van der Waals surface area contributed by atoms with Crippen LogP contribution in [0, 0.1) is 0 Å². The third-order valence-electron chi connectivity index (χ3n) is 4.04. The number of hydrogen-bond donors (Lipinski definition) is 1. The van der Waals surface area contributed by atoms with Gasteiger partial charge in [-0.25, -0.2) is 4.79 Å². The van der Waals surface area contributed by atoms with E-state index in [2.05, 4.69) is 5.32 Å². The van der Waals surface area contributed by atoms with Crippen molar-refractivity contribution in [1.29, 1.82) is 0 Å². The summed E-state index contributed by atoms with van der Waals surface area (Å²) >= 11 is 0. The van der Waals surface area contributed by atoms with Crippen LogP contribution in [0.25, 0.3) is 0 Å². The summed E-state index contributed by atoms with van der Waals surface area (Å²) in [4.78, 5) is 49.5. The smallest absolute Gasteiger partial charge is 0.326 e. The Kier molecular flexibility index (Phi) is 7.19. The second kappa shape index (κ2) is 9.58. The third-order valence-corrected chi connectivity index (χ3v) is 4.04. The molecular weight excluding hydrogens is 370 g/mol. The molecule has 1 fully saturated rings. The van der Waals surface area contributed by atoms with Crippen LogP contribution in [-0.2, 0) is 19.1 Å². The molecule has 10 nitrogen and oxygen atoms in total. The molecule has 28 heavy (non-hydrogen) atoms. The van der Waals surface area contributed by atoms with Crippen LogP contribution in [0.4, 0.5) is 10.5 Å². The van der Waals surface area contributed by atoms with Gasteiger partial charge in [-0.15, -0.1) is 0 Å². The van der Waals surface area contributed by atoms with E-state index in [1.165, 1.54) is 26.2 Å². The number of nitrogens with one attached hydrogen (secondary N) is 1. The number of carbonyl (C=O) groups is 4. The van der Waals surface area contributed by atoms with E-state index in [9.17, 15) is 19.2 Å². The Morgan fingerprint density at radius 2 is 1.93 bits per heavy atom. The molecule has 0 saturated carbocycles. The number of rotatable bonds is 9. The van der Waals surface area contributed by atoms with Gasteiger partial charge in [0.15, 0.2) is 6.61 Å². The van der Waals surface area contributed by atoms with E-state index in [1.54, 1.807) is 18.2 Å². The molecular formula is C18H23N3O7. The molecule has 0 unspecified atom stereocenters. The second-order valence-electron chi connectivity index (χ2n) is 6.06. The van der Waals surface area contributed by atoms with Crippen LogP contribution in [-0.4, -0.2) is 74.6 Å². The van der Waals surface area contributed by atoms with Crippen LogP contribution >= 0.6 is 0 Å². The zero-order chi connectivity index (χ0) is 20.7. The maximum atomic E-state index is 12.0. The Morgan fingerprint density at radius 1 is 1.18 bits per heavy atom. The molecule has 1 saturated heterocycles. The Balaban J connectivity index is 1.73. The van der Waals surface area contributed by atoms with E-state index < -0.39 is 18.5 Å². The molecule has 0 atom stereocenters. The number of urea groups is 1. The second-order valence-corrected chi connectivity index (χ2v) is 6.06. The molecule has 0 aliphatic carbocycles. The molecule has 1 N–H and O–H groups in total. The minimum atomic E-state index is -0.593. The number of imide groups is 1. The molecule has 4 amide bonds. The average Bonchev–Trinajstić information content (AvgIpc) is 2.92. The highest BCUT2D eigenvalue weighted by Crippen LogP contribution is 2.28. The van der Waals surface area contributed by atoms with Crippen molar-refractivity contribution in [2.75, 3.05) is 46.3 Å². The van der Waals surface area contributed by atoms with Crippen LogP contribution < -0.4 is 14.8 Å². The molecule has 1 aliphatic rings. The van der Waals surface area contributed by atoms with E-state index in [4.69, 9.17) is 14.2 Å². The summed E-state index contributed by atoms with van der Waals surface area (Å²) in [5, 5.41) is 2.59. The van der Waals surface area contributed by atoms with Gasteiger partial charge in [0.2, 0.25) is 5.91 Å². The first-order chi connectivity index (χ1) is 13.3. The maximum Gasteiger partial charge on any atom is 0.326 e. The van der Waals surface area contributed by atoms with Gasteiger partial charge in [0.05, 0.1) is 19.9 Å². The van der Waals surface area contributed by atoms with Gasteiger partial charge in [-0.1, -0.05) is 0 Å². The highest BCUT2D eigenvalue weighted by molar-refractivity contribution is 6.01. The Morgan fingerprint density at radius 3 is 2.54 bits per heavy atom. The van der Waals surface area contributed by atoms with Gasteiger partial charge in [0.25, 0.3) is 5.91 Å². The predicted molar refractivity (Wildman–Crippen MR) is 98.1 cm³/mol. The van der Waals surface area contributed by atoms with Crippen molar-refractivity contribution < 1.29 is 33.4 Å².